The maximum absolute atomic E-state index is 12.4. The summed E-state index contributed by atoms with van der Waals surface area (Å²) in [5.74, 6) is 0.580. The number of fused-ring (bicyclic) bond motifs is 2. The molecule has 0 fully saturated rings. The third-order valence-corrected chi connectivity index (χ3v) is 4.38. The van der Waals surface area contributed by atoms with Gasteiger partial charge in [0.15, 0.2) is 0 Å². The number of nitrogens with one attached hydrogen (secondary N) is 1. The molecule has 6 heteroatoms. The molecule has 1 aromatic carbocycles. The highest BCUT2D eigenvalue weighted by molar-refractivity contribution is 7.16. The SMILES string of the molecule is Cc1nc2sccc2c(=O)n1/N=C/c1c[nH]c2ccccc12. The first-order valence-corrected chi connectivity index (χ1v) is 7.69. The van der Waals surface area contributed by atoms with Crippen LogP contribution >= 0.6 is 11.3 Å². The smallest absolute Gasteiger partial charge is 0.282 e. The van der Waals surface area contributed by atoms with Crippen molar-refractivity contribution >= 4 is 38.7 Å². The number of benzene rings is 1. The van der Waals surface area contributed by atoms with Gasteiger partial charge in [-0.1, -0.05) is 18.2 Å². The molecule has 108 valence electrons. The van der Waals surface area contributed by atoms with Gasteiger partial charge in [-0.3, -0.25) is 4.79 Å². The molecule has 3 aromatic heterocycles. The van der Waals surface area contributed by atoms with E-state index >= 15 is 0 Å². The van der Waals surface area contributed by atoms with Gasteiger partial charge >= 0.3 is 0 Å². The number of hydrogen-bond donors (Lipinski definition) is 1. The third-order valence-electron chi connectivity index (χ3n) is 3.57. The summed E-state index contributed by atoms with van der Waals surface area (Å²) in [7, 11) is 0. The first-order chi connectivity index (χ1) is 10.7. The van der Waals surface area contributed by atoms with E-state index in [-0.39, 0.29) is 5.56 Å². The average molecular weight is 308 g/mol. The lowest BCUT2D eigenvalue weighted by molar-refractivity contribution is 0.772. The predicted molar refractivity (Wildman–Crippen MR) is 89.9 cm³/mol. The van der Waals surface area contributed by atoms with Crippen LogP contribution in [-0.4, -0.2) is 20.9 Å². The topological polar surface area (TPSA) is 63.0 Å². The fourth-order valence-electron chi connectivity index (χ4n) is 2.46. The highest BCUT2D eigenvalue weighted by Crippen LogP contribution is 2.17. The number of aryl methyl sites for hydroxylation is 1. The van der Waals surface area contributed by atoms with Gasteiger partial charge in [0.2, 0.25) is 0 Å². The molecule has 0 aliphatic heterocycles. The molecular weight excluding hydrogens is 296 g/mol. The van der Waals surface area contributed by atoms with Crippen LogP contribution in [0.25, 0.3) is 21.1 Å². The van der Waals surface area contributed by atoms with E-state index in [9.17, 15) is 4.79 Å². The number of nitrogens with zero attached hydrogens (tertiary/aromatic N) is 3. The quantitative estimate of drug-likeness (QED) is 0.578. The number of aromatic amines is 1. The van der Waals surface area contributed by atoms with E-state index in [1.54, 1.807) is 19.2 Å². The molecule has 0 amide bonds. The van der Waals surface area contributed by atoms with Gasteiger partial charge in [0.25, 0.3) is 5.56 Å². The highest BCUT2D eigenvalue weighted by atomic mass is 32.1. The van der Waals surface area contributed by atoms with Crippen molar-refractivity contribution < 1.29 is 0 Å². The van der Waals surface area contributed by atoms with Crippen molar-refractivity contribution in [3.8, 4) is 0 Å². The summed E-state index contributed by atoms with van der Waals surface area (Å²) in [6.45, 7) is 1.78. The van der Waals surface area contributed by atoms with Crippen molar-refractivity contribution in [2.75, 3.05) is 0 Å². The van der Waals surface area contributed by atoms with Crippen molar-refractivity contribution in [2.45, 2.75) is 6.92 Å². The molecule has 0 atom stereocenters. The highest BCUT2D eigenvalue weighted by Gasteiger charge is 2.08. The minimum atomic E-state index is -0.139. The fraction of sp³-hybridized carbons (Fsp3) is 0.0625. The van der Waals surface area contributed by atoms with Crippen LogP contribution in [0.4, 0.5) is 0 Å². The third kappa shape index (κ3) is 1.96. The molecule has 0 aliphatic carbocycles. The van der Waals surface area contributed by atoms with Crippen LogP contribution in [-0.2, 0) is 0 Å². The Morgan fingerprint density at radius 3 is 3.05 bits per heavy atom. The first-order valence-electron chi connectivity index (χ1n) is 6.81. The van der Waals surface area contributed by atoms with E-state index in [2.05, 4.69) is 15.1 Å². The standard InChI is InChI=1S/C16H12N4OS/c1-10-19-15-13(6-7-22-15)16(21)20(10)18-9-11-8-17-14-5-3-2-4-12(11)14/h2-9,17H,1H3/b18-9+. The Bertz CT molecular complexity index is 1070. The minimum Gasteiger partial charge on any atom is -0.361 e. The van der Waals surface area contributed by atoms with E-state index in [1.165, 1.54) is 16.0 Å². The molecule has 4 rings (SSSR count). The molecule has 0 saturated carbocycles. The van der Waals surface area contributed by atoms with Crippen molar-refractivity contribution in [3.05, 3.63) is 63.7 Å². The molecule has 0 saturated heterocycles. The van der Waals surface area contributed by atoms with E-state index in [0.717, 1.165) is 21.3 Å². The largest absolute Gasteiger partial charge is 0.361 e. The lowest BCUT2D eigenvalue weighted by Gasteiger charge is -2.02. The average Bonchev–Trinajstić information content (AvgIpc) is 3.14. The Labute approximate surface area is 129 Å². The second-order valence-corrected chi connectivity index (χ2v) is 5.84. The van der Waals surface area contributed by atoms with Crippen molar-refractivity contribution in [1.82, 2.24) is 14.6 Å². The van der Waals surface area contributed by atoms with Crippen LogP contribution < -0.4 is 5.56 Å². The van der Waals surface area contributed by atoms with Crippen LogP contribution in [0, 0.1) is 6.92 Å². The summed E-state index contributed by atoms with van der Waals surface area (Å²) >= 11 is 1.46. The molecule has 22 heavy (non-hydrogen) atoms. The van der Waals surface area contributed by atoms with Crippen LogP contribution in [0.3, 0.4) is 0 Å². The second-order valence-electron chi connectivity index (χ2n) is 4.95. The maximum Gasteiger partial charge on any atom is 0.282 e. The Morgan fingerprint density at radius 2 is 2.14 bits per heavy atom. The van der Waals surface area contributed by atoms with Gasteiger partial charge in [-0.15, -0.1) is 11.3 Å². The normalized spacial score (nSPS) is 11.9. The van der Waals surface area contributed by atoms with Crippen molar-refractivity contribution in [2.24, 2.45) is 5.10 Å². The van der Waals surface area contributed by atoms with E-state index in [1.807, 2.05) is 35.8 Å². The number of para-hydroxylation sites is 1. The van der Waals surface area contributed by atoms with Crippen molar-refractivity contribution in [3.63, 3.8) is 0 Å². The molecule has 4 aromatic rings. The number of thiophene rings is 1. The van der Waals surface area contributed by atoms with Gasteiger partial charge in [-0.25, -0.2) is 4.98 Å². The lowest BCUT2D eigenvalue weighted by Crippen LogP contribution is -2.19. The molecule has 0 bridgehead atoms. The zero-order valence-corrected chi connectivity index (χ0v) is 12.6. The van der Waals surface area contributed by atoms with Gasteiger partial charge in [0.1, 0.15) is 10.7 Å². The molecule has 3 heterocycles. The Balaban J connectivity index is 1.85. The van der Waals surface area contributed by atoms with E-state index in [4.69, 9.17) is 0 Å². The Morgan fingerprint density at radius 1 is 1.27 bits per heavy atom. The summed E-state index contributed by atoms with van der Waals surface area (Å²) in [5.41, 5.74) is 1.84. The monoisotopic (exact) mass is 308 g/mol. The Kier molecular flexibility index (Phi) is 2.90. The zero-order chi connectivity index (χ0) is 15.1. The summed E-state index contributed by atoms with van der Waals surface area (Å²) in [6.07, 6.45) is 3.57. The van der Waals surface area contributed by atoms with Crippen LogP contribution in [0.5, 0.6) is 0 Å². The number of aromatic nitrogens is 3. The summed E-state index contributed by atoms with van der Waals surface area (Å²) in [5, 5.41) is 7.87. The second kappa shape index (κ2) is 4.92. The van der Waals surface area contributed by atoms with Gasteiger partial charge in [-0.2, -0.15) is 9.78 Å². The van der Waals surface area contributed by atoms with Gasteiger partial charge < -0.3 is 4.98 Å². The predicted octanol–water partition coefficient (Wildman–Crippen LogP) is 3.13. The van der Waals surface area contributed by atoms with Crippen LogP contribution in [0.1, 0.15) is 11.4 Å². The van der Waals surface area contributed by atoms with Gasteiger partial charge in [0.05, 0.1) is 11.6 Å². The Hall–Kier alpha value is -2.73. The lowest BCUT2D eigenvalue weighted by atomic mass is 10.2. The molecule has 0 aliphatic rings. The number of rotatable bonds is 2. The summed E-state index contributed by atoms with van der Waals surface area (Å²) in [4.78, 5) is 20.8. The fourth-order valence-corrected chi connectivity index (χ4v) is 3.26. The van der Waals surface area contributed by atoms with Crippen LogP contribution in [0.2, 0.25) is 0 Å². The minimum absolute atomic E-state index is 0.139. The number of H-pyrrole nitrogens is 1. The summed E-state index contributed by atoms with van der Waals surface area (Å²) < 4.78 is 1.34. The van der Waals surface area contributed by atoms with E-state index in [0.29, 0.717) is 11.2 Å². The van der Waals surface area contributed by atoms with Gasteiger partial charge in [-0.05, 0) is 24.4 Å². The molecule has 0 unspecified atom stereocenters. The van der Waals surface area contributed by atoms with Crippen LogP contribution in [0.15, 0.2) is 51.8 Å². The maximum atomic E-state index is 12.4. The summed E-state index contributed by atoms with van der Waals surface area (Å²) in [6, 6.07) is 9.76. The molecule has 0 radical (unpaired) electrons. The van der Waals surface area contributed by atoms with Crippen molar-refractivity contribution in [1.29, 1.82) is 0 Å². The number of hydrogen-bond acceptors (Lipinski definition) is 4. The van der Waals surface area contributed by atoms with E-state index < -0.39 is 0 Å². The zero-order valence-electron chi connectivity index (χ0n) is 11.8. The molecule has 5 nitrogen and oxygen atoms in total. The molecular formula is C16H12N4OS. The van der Waals surface area contributed by atoms with Gasteiger partial charge in [0, 0.05) is 22.7 Å². The molecule has 0 spiro atoms. The molecule has 1 N–H and O–H groups in total. The first kappa shape index (κ1) is 13.0.